The molecule has 0 spiro atoms. The third-order valence-electron chi connectivity index (χ3n) is 3.03. The maximum absolute atomic E-state index is 5.57. The SMILES string of the molecule is C#CCOc1ccc(Br)cc1CNn1c(C)ccc1C. The molecule has 0 saturated carbocycles. The number of halogens is 1. The first-order chi connectivity index (χ1) is 9.61. The molecular formula is C16H17BrN2O. The average Bonchev–Trinajstić information content (AvgIpc) is 2.75. The van der Waals surface area contributed by atoms with E-state index in [0.29, 0.717) is 6.54 Å². The van der Waals surface area contributed by atoms with E-state index in [9.17, 15) is 0 Å². The highest BCUT2D eigenvalue weighted by Gasteiger charge is 2.06. The molecule has 104 valence electrons. The van der Waals surface area contributed by atoms with E-state index in [1.807, 2.05) is 18.2 Å². The maximum Gasteiger partial charge on any atom is 0.148 e. The molecule has 1 aromatic heterocycles. The first-order valence-electron chi connectivity index (χ1n) is 6.35. The van der Waals surface area contributed by atoms with Gasteiger partial charge in [-0.3, -0.25) is 4.68 Å². The van der Waals surface area contributed by atoms with Crippen LogP contribution in [0.15, 0.2) is 34.8 Å². The molecule has 2 rings (SSSR count). The molecule has 4 heteroatoms. The van der Waals surface area contributed by atoms with Crippen LogP contribution in [0.1, 0.15) is 17.0 Å². The summed E-state index contributed by atoms with van der Waals surface area (Å²) in [7, 11) is 0. The Hall–Kier alpha value is -1.86. The minimum Gasteiger partial charge on any atom is -0.481 e. The predicted molar refractivity (Wildman–Crippen MR) is 85.4 cm³/mol. The van der Waals surface area contributed by atoms with Gasteiger partial charge in [-0.05, 0) is 44.2 Å². The summed E-state index contributed by atoms with van der Waals surface area (Å²) in [6.45, 7) is 5.07. The summed E-state index contributed by atoms with van der Waals surface area (Å²) in [5, 5.41) is 0. The van der Waals surface area contributed by atoms with E-state index in [1.165, 1.54) is 11.4 Å². The van der Waals surface area contributed by atoms with Crippen LogP contribution in [0.25, 0.3) is 0 Å². The third-order valence-corrected chi connectivity index (χ3v) is 3.53. The Bertz CT molecular complexity index is 621. The van der Waals surface area contributed by atoms with Gasteiger partial charge in [0.05, 0.1) is 6.54 Å². The molecular weight excluding hydrogens is 316 g/mol. The van der Waals surface area contributed by atoms with E-state index in [-0.39, 0.29) is 6.61 Å². The van der Waals surface area contributed by atoms with Gasteiger partial charge in [-0.15, -0.1) is 6.42 Å². The number of benzene rings is 1. The fourth-order valence-corrected chi connectivity index (χ4v) is 2.44. The molecule has 0 fully saturated rings. The summed E-state index contributed by atoms with van der Waals surface area (Å²) < 4.78 is 8.64. The molecule has 0 amide bonds. The normalized spacial score (nSPS) is 10.1. The van der Waals surface area contributed by atoms with Gasteiger partial charge in [-0.1, -0.05) is 21.9 Å². The van der Waals surface area contributed by atoms with Gasteiger partial charge < -0.3 is 10.2 Å². The lowest BCUT2D eigenvalue weighted by Gasteiger charge is -2.15. The number of hydrogen-bond acceptors (Lipinski definition) is 2. The lowest BCUT2D eigenvalue weighted by Crippen LogP contribution is -2.17. The number of nitrogens with one attached hydrogen (secondary N) is 1. The van der Waals surface area contributed by atoms with Crippen molar-refractivity contribution in [1.82, 2.24) is 4.68 Å². The number of terminal acetylenes is 1. The van der Waals surface area contributed by atoms with Crippen molar-refractivity contribution in [3.63, 3.8) is 0 Å². The zero-order valence-corrected chi connectivity index (χ0v) is 13.2. The van der Waals surface area contributed by atoms with Crippen molar-refractivity contribution >= 4 is 15.9 Å². The number of nitrogens with zero attached hydrogens (tertiary/aromatic N) is 1. The molecule has 1 heterocycles. The summed E-state index contributed by atoms with van der Waals surface area (Å²) in [6.07, 6.45) is 5.24. The lowest BCUT2D eigenvalue weighted by atomic mass is 10.2. The van der Waals surface area contributed by atoms with Crippen LogP contribution in [0.3, 0.4) is 0 Å². The highest BCUT2D eigenvalue weighted by Crippen LogP contribution is 2.23. The Kier molecular flexibility index (Phi) is 4.75. The largest absolute Gasteiger partial charge is 0.481 e. The molecule has 3 nitrogen and oxygen atoms in total. The second-order valence-electron chi connectivity index (χ2n) is 4.53. The van der Waals surface area contributed by atoms with Crippen LogP contribution in [0.2, 0.25) is 0 Å². The van der Waals surface area contributed by atoms with Gasteiger partial charge in [0.15, 0.2) is 0 Å². The van der Waals surface area contributed by atoms with Crippen molar-refractivity contribution in [2.45, 2.75) is 20.4 Å². The Morgan fingerprint density at radius 2 is 1.95 bits per heavy atom. The quantitative estimate of drug-likeness (QED) is 0.846. The molecule has 1 N–H and O–H groups in total. The zero-order chi connectivity index (χ0) is 14.5. The predicted octanol–water partition coefficient (Wildman–Crippen LogP) is 3.62. The topological polar surface area (TPSA) is 26.2 Å². The number of rotatable bonds is 5. The van der Waals surface area contributed by atoms with Crippen molar-refractivity contribution in [2.75, 3.05) is 12.0 Å². The molecule has 0 bridgehead atoms. The third kappa shape index (κ3) is 3.37. The molecule has 0 saturated heterocycles. The van der Waals surface area contributed by atoms with Crippen LogP contribution in [0, 0.1) is 26.2 Å². The minimum atomic E-state index is 0.274. The monoisotopic (exact) mass is 332 g/mol. The second kappa shape index (κ2) is 6.53. The Morgan fingerprint density at radius 3 is 2.60 bits per heavy atom. The smallest absolute Gasteiger partial charge is 0.148 e. The van der Waals surface area contributed by atoms with Crippen LogP contribution in [-0.2, 0) is 6.54 Å². The molecule has 20 heavy (non-hydrogen) atoms. The van der Waals surface area contributed by atoms with Gasteiger partial charge in [0.1, 0.15) is 12.4 Å². The van der Waals surface area contributed by atoms with E-state index in [4.69, 9.17) is 11.2 Å². The summed E-state index contributed by atoms with van der Waals surface area (Å²) in [4.78, 5) is 0. The zero-order valence-electron chi connectivity index (χ0n) is 11.6. The summed E-state index contributed by atoms with van der Waals surface area (Å²) in [5.74, 6) is 3.29. The molecule has 0 aliphatic heterocycles. The Labute approximate surface area is 128 Å². The number of hydrogen-bond donors (Lipinski definition) is 1. The van der Waals surface area contributed by atoms with E-state index < -0.39 is 0 Å². The van der Waals surface area contributed by atoms with Gasteiger partial charge in [-0.2, -0.15) is 0 Å². The fourth-order valence-electron chi connectivity index (χ4n) is 2.03. The Balaban J connectivity index is 2.16. The van der Waals surface area contributed by atoms with Gasteiger partial charge in [0.2, 0.25) is 0 Å². The van der Waals surface area contributed by atoms with Crippen molar-refractivity contribution in [2.24, 2.45) is 0 Å². The standard InChI is InChI=1S/C16H17BrN2O/c1-4-9-20-16-8-7-15(17)10-14(16)11-18-19-12(2)5-6-13(19)3/h1,5-8,10,18H,9,11H2,2-3H3. The first-order valence-corrected chi connectivity index (χ1v) is 7.14. The van der Waals surface area contributed by atoms with Gasteiger partial charge >= 0.3 is 0 Å². The first kappa shape index (κ1) is 14.5. The van der Waals surface area contributed by atoms with E-state index in [2.05, 4.69) is 57.9 Å². The van der Waals surface area contributed by atoms with E-state index >= 15 is 0 Å². The molecule has 1 aromatic carbocycles. The van der Waals surface area contributed by atoms with E-state index in [1.54, 1.807) is 0 Å². The van der Waals surface area contributed by atoms with Crippen LogP contribution in [0.4, 0.5) is 0 Å². The molecule has 0 radical (unpaired) electrons. The molecule has 0 atom stereocenters. The summed E-state index contributed by atoms with van der Waals surface area (Å²) in [5.41, 5.74) is 6.78. The maximum atomic E-state index is 5.57. The van der Waals surface area contributed by atoms with Crippen molar-refractivity contribution < 1.29 is 4.74 Å². The van der Waals surface area contributed by atoms with Crippen LogP contribution < -0.4 is 10.2 Å². The number of aromatic nitrogens is 1. The van der Waals surface area contributed by atoms with E-state index in [0.717, 1.165) is 15.8 Å². The van der Waals surface area contributed by atoms with Crippen LogP contribution in [-0.4, -0.2) is 11.3 Å². The van der Waals surface area contributed by atoms with Crippen LogP contribution >= 0.6 is 15.9 Å². The molecule has 0 aliphatic rings. The van der Waals surface area contributed by atoms with Crippen molar-refractivity contribution in [1.29, 1.82) is 0 Å². The fraction of sp³-hybridized carbons (Fsp3) is 0.250. The van der Waals surface area contributed by atoms with Crippen LogP contribution in [0.5, 0.6) is 5.75 Å². The van der Waals surface area contributed by atoms with Crippen molar-refractivity contribution in [3.05, 3.63) is 51.8 Å². The molecule has 0 aliphatic carbocycles. The lowest BCUT2D eigenvalue weighted by molar-refractivity contribution is 0.366. The Morgan fingerprint density at radius 1 is 1.25 bits per heavy atom. The molecule has 2 aromatic rings. The number of aryl methyl sites for hydroxylation is 2. The summed E-state index contributed by atoms with van der Waals surface area (Å²) >= 11 is 3.48. The minimum absolute atomic E-state index is 0.274. The van der Waals surface area contributed by atoms with Gasteiger partial charge in [0.25, 0.3) is 0 Å². The second-order valence-corrected chi connectivity index (χ2v) is 5.45. The van der Waals surface area contributed by atoms with Gasteiger partial charge in [-0.25, -0.2) is 0 Å². The number of ether oxygens (including phenoxy) is 1. The summed E-state index contributed by atoms with van der Waals surface area (Å²) in [6, 6.07) is 10.1. The van der Waals surface area contributed by atoms with Crippen molar-refractivity contribution in [3.8, 4) is 18.1 Å². The molecule has 0 unspecified atom stereocenters. The highest BCUT2D eigenvalue weighted by atomic mass is 79.9. The average molecular weight is 333 g/mol. The van der Waals surface area contributed by atoms with Gasteiger partial charge in [0, 0.05) is 21.4 Å². The highest BCUT2D eigenvalue weighted by molar-refractivity contribution is 9.10.